The maximum Gasteiger partial charge on any atom is 0.194 e. The van der Waals surface area contributed by atoms with Gasteiger partial charge in [-0.25, -0.2) is 0 Å². The summed E-state index contributed by atoms with van der Waals surface area (Å²) in [5, 5.41) is 5.87. The second-order valence-electron chi connectivity index (χ2n) is 5.19. The fraction of sp³-hybridized carbons (Fsp3) is 0.353. The number of guanidine groups is 1. The third kappa shape index (κ3) is 2.94. The number of benzene rings is 2. The van der Waals surface area contributed by atoms with E-state index in [1.165, 1.54) is 16.3 Å². The van der Waals surface area contributed by atoms with Gasteiger partial charge >= 0.3 is 0 Å². The molecule has 1 N–H and O–H groups in total. The highest BCUT2D eigenvalue weighted by molar-refractivity contribution is 5.85. The summed E-state index contributed by atoms with van der Waals surface area (Å²) in [7, 11) is 1.70. The number of fused-ring (bicyclic) bond motifs is 1. The molecule has 1 aliphatic rings. The van der Waals surface area contributed by atoms with Crippen LogP contribution in [-0.2, 0) is 6.54 Å². The molecule has 0 amide bonds. The molecule has 3 rings (SSSR count). The van der Waals surface area contributed by atoms with Gasteiger partial charge in [-0.3, -0.25) is 4.99 Å². The number of nitrogens with one attached hydrogen (secondary N) is 1. The van der Waals surface area contributed by atoms with Crippen molar-refractivity contribution in [3.63, 3.8) is 0 Å². The first-order valence-electron chi connectivity index (χ1n) is 7.40. The van der Waals surface area contributed by atoms with E-state index in [1.54, 1.807) is 7.11 Å². The molecule has 0 saturated carbocycles. The molecule has 0 atom stereocenters. The van der Waals surface area contributed by atoms with Crippen molar-refractivity contribution in [3.05, 3.63) is 42.0 Å². The lowest BCUT2D eigenvalue weighted by Crippen LogP contribution is -2.37. The SMILES string of the molecule is CCN1CCN=C1NCc1ccc2cc(OC)ccc2c1. The molecular weight excluding hydrogens is 262 g/mol. The summed E-state index contributed by atoms with van der Waals surface area (Å²) in [6.07, 6.45) is 0. The van der Waals surface area contributed by atoms with Crippen LogP contribution in [0.5, 0.6) is 5.75 Å². The highest BCUT2D eigenvalue weighted by Crippen LogP contribution is 2.21. The van der Waals surface area contributed by atoms with Crippen LogP contribution in [0.1, 0.15) is 12.5 Å². The summed E-state index contributed by atoms with van der Waals surface area (Å²) >= 11 is 0. The molecule has 0 bridgehead atoms. The zero-order valence-electron chi connectivity index (χ0n) is 12.6. The standard InChI is InChI=1S/C17H21N3O/c1-3-20-9-8-18-17(20)19-12-13-4-5-15-11-16(21-2)7-6-14(15)10-13/h4-7,10-11H,3,8-9,12H2,1-2H3,(H,18,19). The minimum Gasteiger partial charge on any atom is -0.497 e. The van der Waals surface area contributed by atoms with Crippen molar-refractivity contribution in [1.29, 1.82) is 0 Å². The quantitative estimate of drug-likeness (QED) is 0.937. The van der Waals surface area contributed by atoms with Crippen molar-refractivity contribution in [2.45, 2.75) is 13.5 Å². The molecule has 1 heterocycles. The Morgan fingerprint density at radius 1 is 1.19 bits per heavy atom. The van der Waals surface area contributed by atoms with Crippen LogP contribution in [0.4, 0.5) is 0 Å². The Morgan fingerprint density at radius 3 is 2.81 bits per heavy atom. The Hall–Kier alpha value is -2.23. The normalized spacial score (nSPS) is 14.4. The predicted molar refractivity (Wildman–Crippen MR) is 86.9 cm³/mol. The van der Waals surface area contributed by atoms with Crippen molar-refractivity contribution in [3.8, 4) is 5.75 Å². The number of aliphatic imine (C=N–C) groups is 1. The zero-order chi connectivity index (χ0) is 14.7. The molecule has 110 valence electrons. The average molecular weight is 283 g/mol. The lowest BCUT2D eigenvalue weighted by atomic mass is 10.1. The molecule has 4 heteroatoms. The first-order chi connectivity index (χ1) is 10.3. The van der Waals surface area contributed by atoms with Gasteiger partial charge in [0.15, 0.2) is 5.96 Å². The molecule has 1 aliphatic heterocycles. The second-order valence-corrected chi connectivity index (χ2v) is 5.19. The van der Waals surface area contributed by atoms with E-state index in [9.17, 15) is 0 Å². The van der Waals surface area contributed by atoms with E-state index in [0.29, 0.717) is 0 Å². The van der Waals surface area contributed by atoms with Crippen molar-refractivity contribution < 1.29 is 4.74 Å². The van der Waals surface area contributed by atoms with E-state index in [1.807, 2.05) is 6.07 Å². The average Bonchev–Trinajstić information content (AvgIpc) is 2.99. The van der Waals surface area contributed by atoms with Crippen LogP contribution in [0.3, 0.4) is 0 Å². The Labute approximate surface area is 125 Å². The van der Waals surface area contributed by atoms with Crippen LogP contribution in [-0.4, -0.2) is 37.6 Å². The summed E-state index contributed by atoms with van der Waals surface area (Å²) in [6.45, 7) is 5.89. The van der Waals surface area contributed by atoms with E-state index in [0.717, 1.165) is 37.9 Å². The van der Waals surface area contributed by atoms with Crippen LogP contribution >= 0.6 is 0 Å². The maximum atomic E-state index is 5.26. The summed E-state index contributed by atoms with van der Waals surface area (Å²) in [6, 6.07) is 12.7. The molecule has 2 aromatic rings. The van der Waals surface area contributed by atoms with Gasteiger partial charge in [0.1, 0.15) is 5.75 Å². The van der Waals surface area contributed by atoms with E-state index in [4.69, 9.17) is 4.74 Å². The summed E-state index contributed by atoms with van der Waals surface area (Å²) in [4.78, 5) is 6.77. The smallest absolute Gasteiger partial charge is 0.194 e. The maximum absolute atomic E-state index is 5.26. The summed E-state index contributed by atoms with van der Waals surface area (Å²) in [5.74, 6) is 1.92. The molecule has 0 aliphatic carbocycles. The molecule has 0 spiro atoms. The van der Waals surface area contributed by atoms with E-state index in [2.05, 4.69) is 52.5 Å². The minimum atomic E-state index is 0.803. The highest BCUT2D eigenvalue weighted by Gasteiger charge is 2.13. The van der Waals surface area contributed by atoms with Crippen LogP contribution in [0.25, 0.3) is 10.8 Å². The van der Waals surface area contributed by atoms with Gasteiger partial charge in [0, 0.05) is 19.6 Å². The molecule has 0 aromatic heterocycles. The fourth-order valence-corrected chi connectivity index (χ4v) is 2.65. The van der Waals surface area contributed by atoms with Gasteiger partial charge in [-0.1, -0.05) is 18.2 Å². The molecule has 0 saturated heterocycles. The number of rotatable bonds is 4. The Bertz CT molecular complexity index is 666. The molecule has 21 heavy (non-hydrogen) atoms. The molecular formula is C17H21N3O. The predicted octanol–water partition coefficient (Wildman–Crippen LogP) is 2.63. The minimum absolute atomic E-state index is 0.803. The first-order valence-corrected chi connectivity index (χ1v) is 7.40. The number of ether oxygens (including phenoxy) is 1. The molecule has 0 fully saturated rings. The van der Waals surface area contributed by atoms with Crippen LogP contribution in [0.15, 0.2) is 41.4 Å². The van der Waals surface area contributed by atoms with Crippen LogP contribution in [0, 0.1) is 0 Å². The Kier molecular flexibility index (Phi) is 3.95. The van der Waals surface area contributed by atoms with Gasteiger partial charge in [0.25, 0.3) is 0 Å². The van der Waals surface area contributed by atoms with Crippen molar-refractivity contribution in [2.75, 3.05) is 26.7 Å². The zero-order valence-corrected chi connectivity index (χ0v) is 12.6. The molecule has 4 nitrogen and oxygen atoms in total. The van der Waals surface area contributed by atoms with Gasteiger partial charge < -0.3 is 15.0 Å². The van der Waals surface area contributed by atoms with Crippen molar-refractivity contribution >= 4 is 16.7 Å². The van der Waals surface area contributed by atoms with Gasteiger partial charge in [0.2, 0.25) is 0 Å². The van der Waals surface area contributed by atoms with E-state index in [-0.39, 0.29) is 0 Å². The summed E-state index contributed by atoms with van der Waals surface area (Å²) in [5.41, 5.74) is 1.26. The van der Waals surface area contributed by atoms with Crippen molar-refractivity contribution in [2.24, 2.45) is 4.99 Å². The van der Waals surface area contributed by atoms with Gasteiger partial charge in [-0.2, -0.15) is 0 Å². The second kappa shape index (κ2) is 6.04. The van der Waals surface area contributed by atoms with E-state index >= 15 is 0 Å². The number of nitrogens with zero attached hydrogens (tertiary/aromatic N) is 2. The molecule has 0 unspecified atom stereocenters. The third-order valence-corrected chi connectivity index (χ3v) is 3.88. The lowest BCUT2D eigenvalue weighted by Gasteiger charge is -2.19. The number of likely N-dealkylation sites (N-methyl/N-ethyl adjacent to an activating group) is 1. The Balaban J connectivity index is 1.73. The van der Waals surface area contributed by atoms with Gasteiger partial charge in [-0.05, 0) is 41.5 Å². The molecule has 2 aromatic carbocycles. The first kappa shape index (κ1) is 13.7. The number of methoxy groups -OCH3 is 1. The monoisotopic (exact) mass is 283 g/mol. The largest absolute Gasteiger partial charge is 0.497 e. The third-order valence-electron chi connectivity index (χ3n) is 3.88. The van der Waals surface area contributed by atoms with Gasteiger partial charge in [-0.15, -0.1) is 0 Å². The fourth-order valence-electron chi connectivity index (χ4n) is 2.65. The number of hydrogen-bond donors (Lipinski definition) is 1. The van der Waals surface area contributed by atoms with Crippen LogP contribution < -0.4 is 10.1 Å². The Morgan fingerprint density at radius 2 is 2.00 bits per heavy atom. The topological polar surface area (TPSA) is 36.9 Å². The van der Waals surface area contributed by atoms with Crippen LogP contribution in [0.2, 0.25) is 0 Å². The summed E-state index contributed by atoms with van der Waals surface area (Å²) < 4.78 is 5.26. The molecule has 0 radical (unpaired) electrons. The highest BCUT2D eigenvalue weighted by atomic mass is 16.5. The van der Waals surface area contributed by atoms with Gasteiger partial charge in [0.05, 0.1) is 13.7 Å². The number of hydrogen-bond acceptors (Lipinski definition) is 4. The van der Waals surface area contributed by atoms with Crippen molar-refractivity contribution in [1.82, 2.24) is 10.2 Å². The van der Waals surface area contributed by atoms with E-state index < -0.39 is 0 Å². The lowest BCUT2D eigenvalue weighted by molar-refractivity contribution is 0.415.